The van der Waals surface area contributed by atoms with Gasteiger partial charge in [-0.1, -0.05) is 98.6 Å². The van der Waals surface area contributed by atoms with E-state index in [0.29, 0.717) is 5.56 Å². The number of hydrogen-bond donors (Lipinski definition) is 0. The number of alkyl halides is 2. The van der Waals surface area contributed by atoms with Gasteiger partial charge in [-0.25, -0.2) is 8.78 Å². The van der Waals surface area contributed by atoms with Crippen LogP contribution in [0, 0.1) is 0 Å². The van der Waals surface area contributed by atoms with Crippen molar-refractivity contribution < 1.29 is 8.78 Å². The molecule has 0 aliphatic heterocycles. The van der Waals surface area contributed by atoms with E-state index in [1.165, 1.54) is 0 Å². The molecule has 0 aromatic heterocycles. The van der Waals surface area contributed by atoms with Crippen molar-refractivity contribution in [3.05, 3.63) is 135 Å². The number of anilines is 3. The smallest absolute Gasteiger partial charge is 0.266 e. The predicted octanol–water partition coefficient (Wildman–Crippen LogP) is 12.9. The van der Waals surface area contributed by atoms with Crippen LogP contribution in [0.3, 0.4) is 0 Å². The third-order valence-electron chi connectivity index (χ3n) is 9.52. The Morgan fingerprint density at radius 1 is 0.523 bits per heavy atom. The molecular weight excluding hydrogens is 680 g/mol. The number of nitrogens with zero attached hydrogens (tertiary/aromatic N) is 1. The van der Waals surface area contributed by atoms with E-state index in [4.69, 9.17) is 0 Å². The molecule has 44 heavy (non-hydrogen) atoms. The minimum Gasteiger partial charge on any atom is -0.309 e. The van der Waals surface area contributed by atoms with Gasteiger partial charge in [-0.15, -0.1) is 0 Å². The van der Waals surface area contributed by atoms with Crippen molar-refractivity contribution in [1.29, 1.82) is 0 Å². The molecule has 1 aliphatic carbocycles. The molecule has 6 aromatic rings. The summed E-state index contributed by atoms with van der Waals surface area (Å²) in [7, 11) is 0. The van der Waals surface area contributed by atoms with Crippen molar-refractivity contribution in [1.82, 2.24) is 0 Å². The van der Waals surface area contributed by atoms with Crippen LogP contribution in [-0.4, -0.2) is 5.92 Å². The van der Waals surface area contributed by atoms with Gasteiger partial charge in [0.1, 0.15) is 0 Å². The van der Waals surface area contributed by atoms with Gasteiger partial charge in [0, 0.05) is 31.1 Å². The Morgan fingerprint density at radius 2 is 0.955 bits per heavy atom. The van der Waals surface area contributed by atoms with Crippen molar-refractivity contribution in [2.45, 2.75) is 44.4 Å². The fourth-order valence-electron chi connectivity index (χ4n) is 7.13. The molecular formula is C39H31Br2F2N. The summed E-state index contributed by atoms with van der Waals surface area (Å²) in [6.07, 6.45) is 0. The number of fused-ring (bicyclic) bond motifs is 3. The van der Waals surface area contributed by atoms with Crippen molar-refractivity contribution in [3.8, 4) is 11.1 Å². The van der Waals surface area contributed by atoms with E-state index >= 15 is 8.78 Å². The van der Waals surface area contributed by atoms with Crippen LogP contribution in [0.25, 0.3) is 32.7 Å². The Labute approximate surface area is 273 Å². The predicted molar refractivity (Wildman–Crippen MR) is 188 cm³/mol. The van der Waals surface area contributed by atoms with Crippen LogP contribution in [0.4, 0.5) is 25.8 Å². The molecule has 0 atom stereocenters. The molecule has 1 aliphatic rings. The Balaban J connectivity index is 1.56. The molecule has 6 aromatic carbocycles. The van der Waals surface area contributed by atoms with Gasteiger partial charge in [-0.05, 0) is 109 Å². The van der Waals surface area contributed by atoms with Crippen molar-refractivity contribution in [3.63, 3.8) is 0 Å². The summed E-state index contributed by atoms with van der Waals surface area (Å²) >= 11 is 7.21. The van der Waals surface area contributed by atoms with Crippen LogP contribution < -0.4 is 4.90 Å². The topological polar surface area (TPSA) is 3.24 Å². The second-order valence-corrected chi connectivity index (χ2v) is 14.5. The highest BCUT2D eigenvalue weighted by Crippen LogP contribution is 2.60. The lowest BCUT2D eigenvalue weighted by molar-refractivity contribution is -0.105. The van der Waals surface area contributed by atoms with Crippen molar-refractivity contribution >= 4 is 70.5 Å². The Morgan fingerprint density at radius 3 is 1.43 bits per heavy atom. The third kappa shape index (κ3) is 4.19. The van der Waals surface area contributed by atoms with Gasteiger partial charge in [-0.2, -0.15) is 0 Å². The quantitative estimate of drug-likeness (QED) is 0.165. The monoisotopic (exact) mass is 709 g/mol. The van der Waals surface area contributed by atoms with Crippen LogP contribution >= 0.6 is 31.9 Å². The van der Waals surface area contributed by atoms with E-state index in [1.54, 1.807) is 27.7 Å². The summed E-state index contributed by atoms with van der Waals surface area (Å²) in [6.45, 7) is 6.69. The molecule has 0 bridgehead atoms. The number of halogens is 4. The molecule has 220 valence electrons. The maximum atomic E-state index is 15.8. The molecule has 0 unspecified atom stereocenters. The van der Waals surface area contributed by atoms with E-state index in [9.17, 15) is 0 Å². The Bertz CT molecular complexity index is 1960. The van der Waals surface area contributed by atoms with Gasteiger partial charge in [0.15, 0.2) is 0 Å². The first-order chi connectivity index (χ1) is 20.9. The first-order valence-corrected chi connectivity index (χ1v) is 16.3. The lowest BCUT2D eigenvalue weighted by Gasteiger charge is -2.35. The first-order valence-electron chi connectivity index (χ1n) is 14.7. The molecule has 0 fully saturated rings. The van der Waals surface area contributed by atoms with E-state index in [2.05, 4.69) is 134 Å². The lowest BCUT2D eigenvalue weighted by atomic mass is 9.77. The van der Waals surface area contributed by atoms with Gasteiger partial charge in [-0.3, -0.25) is 0 Å². The van der Waals surface area contributed by atoms with Crippen LogP contribution in [0.2, 0.25) is 0 Å². The summed E-state index contributed by atoms with van der Waals surface area (Å²) in [5, 5.41) is 4.30. The van der Waals surface area contributed by atoms with Crippen LogP contribution in [-0.2, 0) is 10.8 Å². The van der Waals surface area contributed by atoms with Gasteiger partial charge in [0.2, 0.25) is 0 Å². The maximum Gasteiger partial charge on any atom is 0.266 e. The SMILES string of the molecule is CC1(C)c2ccc(-c3c4ccccc4c(N(c4ccc(Br)cc4)c4ccc(Br)cc4)c4ccccc34)cc2C(C)(C)C1(F)F. The fourth-order valence-corrected chi connectivity index (χ4v) is 7.65. The lowest BCUT2D eigenvalue weighted by Crippen LogP contribution is -2.46. The molecule has 0 heterocycles. The van der Waals surface area contributed by atoms with Crippen molar-refractivity contribution in [2.75, 3.05) is 4.90 Å². The summed E-state index contributed by atoms with van der Waals surface area (Å²) in [5.41, 5.74) is 4.01. The van der Waals surface area contributed by atoms with Crippen LogP contribution in [0.5, 0.6) is 0 Å². The molecule has 5 heteroatoms. The average molecular weight is 711 g/mol. The van der Waals surface area contributed by atoms with Crippen LogP contribution in [0.15, 0.2) is 124 Å². The molecule has 7 rings (SSSR count). The first kappa shape index (κ1) is 29.2. The number of hydrogen-bond acceptors (Lipinski definition) is 1. The minimum absolute atomic E-state index is 0.716. The van der Waals surface area contributed by atoms with Gasteiger partial charge in [0.05, 0.1) is 16.5 Å². The Hall–Kier alpha value is -3.54. The zero-order valence-electron chi connectivity index (χ0n) is 24.9. The normalized spacial score (nSPS) is 16.3. The largest absolute Gasteiger partial charge is 0.309 e. The van der Waals surface area contributed by atoms with E-state index < -0.39 is 16.8 Å². The summed E-state index contributed by atoms with van der Waals surface area (Å²) in [6, 6.07) is 39.6. The molecule has 0 saturated carbocycles. The second kappa shape index (κ2) is 10.3. The molecule has 0 N–H and O–H groups in total. The number of rotatable bonds is 4. The van der Waals surface area contributed by atoms with E-state index in [0.717, 1.165) is 64.2 Å². The highest BCUT2D eigenvalue weighted by atomic mass is 79.9. The average Bonchev–Trinajstić information content (AvgIpc) is 3.12. The standard InChI is InChI=1S/C39H31Br2F2N/c1-37(2)33-22-13-24(23-34(33)38(3,4)39(37,42)43)35-29-9-5-7-11-31(29)36(32-12-8-6-10-30(32)35)44(27-18-14-25(40)15-19-27)28-20-16-26(41)17-21-28/h5-23H,1-4H3. The van der Waals surface area contributed by atoms with Crippen LogP contribution in [0.1, 0.15) is 38.8 Å². The van der Waals surface area contributed by atoms with Gasteiger partial charge >= 0.3 is 0 Å². The summed E-state index contributed by atoms with van der Waals surface area (Å²) in [4.78, 5) is 2.31. The Kier molecular flexibility index (Phi) is 6.80. The third-order valence-corrected chi connectivity index (χ3v) is 10.6. The minimum atomic E-state index is -2.88. The maximum absolute atomic E-state index is 15.8. The molecule has 0 spiro atoms. The van der Waals surface area contributed by atoms with Gasteiger partial charge < -0.3 is 4.90 Å². The fraction of sp³-hybridized carbons (Fsp3) is 0.179. The molecule has 0 amide bonds. The number of benzene rings is 6. The van der Waals surface area contributed by atoms with E-state index in [1.807, 2.05) is 18.2 Å². The summed E-state index contributed by atoms with van der Waals surface area (Å²) < 4.78 is 33.7. The zero-order valence-corrected chi connectivity index (χ0v) is 28.1. The zero-order chi connectivity index (χ0) is 31.0. The highest BCUT2D eigenvalue weighted by molar-refractivity contribution is 9.10. The van der Waals surface area contributed by atoms with Gasteiger partial charge in [0.25, 0.3) is 5.92 Å². The van der Waals surface area contributed by atoms with Crippen molar-refractivity contribution in [2.24, 2.45) is 0 Å². The molecule has 0 radical (unpaired) electrons. The molecule has 0 saturated heterocycles. The molecule has 1 nitrogen and oxygen atoms in total. The second-order valence-electron chi connectivity index (χ2n) is 12.7. The highest BCUT2D eigenvalue weighted by Gasteiger charge is 2.65. The van der Waals surface area contributed by atoms with E-state index in [-0.39, 0.29) is 0 Å². The summed E-state index contributed by atoms with van der Waals surface area (Å²) in [5.74, 6) is -2.88.